The van der Waals surface area contributed by atoms with Gasteiger partial charge in [0.15, 0.2) is 0 Å². The van der Waals surface area contributed by atoms with Gasteiger partial charge in [0.05, 0.1) is 5.52 Å². The van der Waals surface area contributed by atoms with Crippen molar-refractivity contribution in [1.29, 1.82) is 0 Å². The molecule has 2 rings (SSSR count). The molecule has 90 valence electrons. The van der Waals surface area contributed by atoms with Crippen LogP contribution in [0, 0.1) is 6.92 Å². The molecule has 0 saturated carbocycles. The lowest BCUT2D eigenvalue weighted by molar-refractivity contribution is 0.733. The highest BCUT2D eigenvalue weighted by Gasteiger charge is 2.09. The summed E-state index contributed by atoms with van der Waals surface area (Å²) in [7, 11) is 0. The Balaban J connectivity index is 2.31. The lowest BCUT2D eigenvalue weighted by Crippen LogP contribution is -2.06. The number of hydrogen-bond donors (Lipinski definition) is 0. The average Bonchev–Trinajstić information content (AvgIpc) is 2.30. The summed E-state index contributed by atoms with van der Waals surface area (Å²) in [6, 6.07) is 10.6. The molecule has 0 amide bonds. The molecular weight excluding hydrogens is 274 g/mol. The molecule has 0 bridgehead atoms. The van der Waals surface area contributed by atoms with E-state index in [1.54, 1.807) is 0 Å². The number of alkyl halides is 1. The van der Waals surface area contributed by atoms with E-state index in [1.165, 1.54) is 29.5 Å². The molecule has 2 heteroatoms. The number of aromatic nitrogens is 1. The van der Waals surface area contributed by atoms with Crippen LogP contribution >= 0.6 is 15.9 Å². The monoisotopic (exact) mass is 291 g/mol. The zero-order chi connectivity index (χ0) is 12.3. The summed E-state index contributed by atoms with van der Waals surface area (Å²) in [5, 5.41) is 1.23. The third-order valence-corrected chi connectivity index (χ3v) is 3.82. The molecule has 1 unspecified atom stereocenters. The predicted molar refractivity (Wildman–Crippen MR) is 77.8 cm³/mol. The lowest BCUT2D eigenvalue weighted by Gasteiger charge is -2.11. The highest BCUT2D eigenvalue weighted by atomic mass is 79.9. The lowest BCUT2D eigenvalue weighted by atomic mass is 10.1. The Bertz CT molecular complexity index is 507. The number of aryl methyl sites for hydroxylation is 1. The van der Waals surface area contributed by atoms with Crippen LogP contribution in [0.2, 0.25) is 0 Å². The van der Waals surface area contributed by atoms with Gasteiger partial charge in [-0.25, -0.2) is 0 Å². The molecule has 0 aliphatic heterocycles. The van der Waals surface area contributed by atoms with E-state index in [2.05, 4.69) is 54.0 Å². The highest BCUT2D eigenvalue weighted by Crippen LogP contribution is 2.20. The molecule has 1 heterocycles. The van der Waals surface area contributed by atoms with Gasteiger partial charge in [-0.05, 0) is 31.0 Å². The maximum atomic E-state index is 4.77. The van der Waals surface area contributed by atoms with Crippen LogP contribution in [0.5, 0.6) is 0 Å². The Labute approximate surface area is 111 Å². The van der Waals surface area contributed by atoms with Crippen molar-refractivity contribution in [2.45, 2.75) is 37.9 Å². The van der Waals surface area contributed by atoms with Crippen LogP contribution in [0.1, 0.15) is 31.0 Å². The largest absolute Gasteiger partial charge is 0.253 e. The summed E-state index contributed by atoms with van der Waals surface area (Å²) in [6.07, 6.45) is 3.43. The van der Waals surface area contributed by atoms with Crippen molar-refractivity contribution in [1.82, 2.24) is 4.98 Å². The maximum Gasteiger partial charge on any atom is 0.0705 e. The van der Waals surface area contributed by atoms with E-state index in [1.807, 2.05) is 6.07 Å². The third kappa shape index (κ3) is 3.06. The smallest absolute Gasteiger partial charge is 0.0705 e. The molecule has 0 fully saturated rings. The van der Waals surface area contributed by atoms with Gasteiger partial charge >= 0.3 is 0 Å². The molecule has 0 saturated heterocycles. The minimum absolute atomic E-state index is 0.542. The molecule has 1 aromatic heterocycles. The fourth-order valence-electron chi connectivity index (χ4n) is 2.09. The normalized spacial score (nSPS) is 12.9. The zero-order valence-corrected chi connectivity index (χ0v) is 12.0. The van der Waals surface area contributed by atoms with Gasteiger partial charge in [0, 0.05) is 22.3 Å². The first-order chi connectivity index (χ1) is 8.20. The first kappa shape index (κ1) is 12.6. The number of halogens is 1. The minimum Gasteiger partial charge on any atom is -0.253 e. The van der Waals surface area contributed by atoms with Gasteiger partial charge in [-0.15, -0.1) is 0 Å². The van der Waals surface area contributed by atoms with Crippen LogP contribution in [-0.4, -0.2) is 9.81 Å². The van der Waals surface area contributed by atoms with Crippen LogP contribution in [0.3, 0.4) is 0 Å². The van der Waals surface area contributed by atoms with E-state index in [0.29, 0.717) is 4.83 Å². The van der Waals surface area contributed by atoms with Crippen LogP contribution in [-0.2, 0) is 6.42 Å². The molecule has 0 radical (unpaired) electrons. The van der Waals surface area contributed by atoms with E-state index >= 15 is 0 Å². The molecule has 2 aromatic rings. The molecule has 1 nitrogen and oxygen atoms in total. The van der Waals surface area contributed by atoms with Crippen molar-refractivity contribution in [2.75, 3.05) is 0 Å². The Morgan fingerprint density at radius 3 is 2.82 bits per heavy atom. The van der Waals surface area contributed by atoms with Crippen LogP contribution in [0.15, 0.2) is 30.3 Å². The SMILES string of the molecule is CCCC(Br)Cc1nc2ccccc2cc1C. The second-order valence-corrected chi connectivity index (χ2v) is 5.83. The number of hydrogen-bond acceptors (Lipinski definition) is 1. The standard InChI is InChI=1S/C15H18BrN/c1-3-6-13(16)10-15-11(2)9-12-7-4-5-8-14(12)17-15/h4-5,7-9,13H,3,6,10H2,1-2H3. The quantitative estimate of drug-likeness (QED) is 0.747. The molecule has 0 aliphatic carbocycles. The van der Waals surface area contributed by atoms with Gasteiger partial charge in [-0.2, -0.15) is 0 Å². The van der Waals surface area contributed by atoms with Crippen molar-refractivity contribution in [3.05, 3.63) is 41.6 Å². The second-order valence-electron chi connectivity index (χ2n) is 4.53. The van der Waals surface area contributed by atoms with Crippen molar-refractivity contribution in [3.8, 4) is 0 Å². The van der Waals surface area contributed by atoms with Crippen molar-refractivity contribution in [2.24, 2.45) is 0 Å². The number of fused-ring (bicyclic) bond motifs is 1. The van der Waals surface area contributed by atoms with E-state index in [9.17, 15) is 0 Å². The van der Waals surface area contributed by atoms with Crippen molar-refractivity contribution < 1.29 is 0 Å². The molecular formula is C15H18BrN. The molecule has 17 heavy (non-hydrogen) atoms. The van der Waals surface area contributed by atoms with Crippen LogP contribution in [0.4, 0.5) is 0 Å². The van der Waals surface area contributed by atoms with E-state index in [-0.39, 0.29) is 0 Å². The van der Waals surface area contributed by atoms with Crippen LogP contribution in [0.25, 0.3) is 10.9 Å². The molecule has 1 atom stereocenters. The number of benzene rings is 1. The summed E-state index contributed by atoms with van der Waals surface area (Å²) in [5.41, 5.74) is 3.62. The number of rotatable bonds is 4. The summed E-state index contributed by atoms with van der Waals surface area (Å²) < 4.78 is 0. The third-order valence-electron chi connectivity index (χ3n) is 3.04. The Morgan fingerprint density at radius 1 is 1.29 bits per heavy atom. The fraction of sp³-hybridized carbons (Fsp3) is 0.400. The summed E-state index contributed by atoms with van der Waals surface area (Å²) in [5.74, 6) is 0. The Morgan fingerprint density at radius 2 is 2.06 bits per heavy atom. The van der Waals surface area contributed by atoms with Crippen LogP contribution < -0.4 is 0 Å². The van der Waals surface area contributed by atoms with Gasteiger partial charge in [-0.3, -0.25) is 4.98 Å². The molecule has 0 spiro atoms. The van der Waals surface area contributed by atoms with Gasteiger partial charge in [-0.1, -0.05) is 47.5 Å². The number of pyridine rings is 1. The van der Waals surface area contributed by atoms with Gasteiger partial charge in [0.2, 0.25) is 0 Å². The molecule has 1 aromatic carbocycles. The average molecular weight is 292 g/mol. The molecule has 0 aliphatic rings. The predicted octanol–water partition coefficient (Wildman–Crippen LogP) is 4.65. The van der Waals surface area contributed by atoms with Gasteiger partial charge < -0.3 is 0 Å². The maximum absolute atomic E-state index is 4.77. The van der Waals surface area contributed by atoms with E-state index in [4.69, 9.17) is 4.98 Å². The second kappa shape index (κ2) is 5.63. The zero-order valence-electron chi connectivity index (χ0n) is 10.4. The van der Waals surface area contributed by atoms with Crippen molar-refractivity contribution >= 4 is 26.8 Å². The minimum atomic E-state index is 0.542. The first-order valence-corrected chi connectivity index (χ1v) is 7.11. The topological polar surface area (TPSA) is 12.9 Å². The summed E-state index contributed by atoms with van der Waals surface area (Å²) >= 11 is 3.73. The molecule has 0 N–H and O–H groups in total. The fourth-order valence-corrected chi connectivity index (χ4v) is 2.86. The number of nitrogens with zero attached hydrogens (tertiary/aromatic N) is 1. The van der Waals surface area contributed by atoms with E-state index < -0.39 is 0 Å². The first-order valence-electron chi connectivity index (χ1n) is 6.20. The number of para-hydroxylation sites is 1. The summed E-state index contributed by atoms with van der Waals surface area (Å²) in [6.45, 7) is 4.37. The Hall–Kier alpha value is -0.890. The van der Waals surface area contributed by atoms with Crippen molar-refractivity contribution in [3.63, 3.8) is 0 Å². The highest BCUT2D eigenvalue weighted by molar-refractivity contribution is 9.09. The Kier molecular flexibility index (Phi) is 4.16. The summed E-state index contributed by atoms with van der Waals surface area (Å²) in [4.78, 5) is 5.31. The van der Waals surface area contributed by atoms with Gasteiger partial charge in [0.25, 0.3) is 0 Å². The van der Waals surface area contributed by atoms with E-state index in [0.717, 1.165) is 11.9 Å². The van der Waals surface area contributed by atoms with Gasteiger partial charge in [0.1, 0.15) is 0 Å².